The molecule has 0 radical (unpaired) electrons. The molecule has 2 fully saturated rings. The molecule has 4 rings (SSSR count). The van der Waals surface area contributed by atoms with Gasteiger partial charge in [0.15, 0.2) is 8.32 Å². The van der Waals surface area contributed by atoms with Crippen molar-refractivity contribution in [3.05, 3.63) is 23.8 Å². The molecule has 0 aliphatic carbocycles. The molecule has 8 nitrogen and oxygen atoms in total. The zero-order valence-corrected chi connectivity index (χ0v) is 23.8. The van der Waals surface area contributed by atoms with E-state index in [9.17, 15) is 19.5 Å². The van der Waals surface area contributed by atoms with Gasteiger partial charge in [-0.05, 0) is 57.0 Å². The minimum Gasteiger partial charge on any atom is -0.490 e. The van der Waals surface area contributed by atoms with Crippen LogP contribution in [0.25, 0.3) is 0 Å². The average molecular weight is 533 g/mol. The highest BCUT2D eigenvalue weighted by molar-refractivity contribution is 6.71. The summed E-state index contributed by atoms with van der Waals surface area (Å²) >= 11 is 0. The first-order valence-corrected chi connectivity index (χ1v) is 16.9. The number of carbonyl (C=O) groups excluding carboxylic acids is 2. The lowest BCUT2D eigenvalue weighted by Crippen LogP contribution is -2.50. The van der Waals surface area contributed by atoms with Crippen molar-refractivity contribution in [2.45, 2.75) is 95.2 Å². The lowest BCUT2D eigenvalue weighted by Gasteiger charge is -2.44. The van der Waals surface area contributed by atoms with E-state index < -0.39 is 14.4 Å². The first-order valence-electron chi connectivity index (χ1n) is 13.9. The predicted octanol–water partition coefficient (Wildman–Crippen LogP) is 4.01. The van der Waals surface area contributed by atoms with Crippen molar-refractivity contribution < 1.29 is 29.0 Å². The fourth-order valence-electron chi connectivity index (χ4n) is 6.39. The maximum atomic E-state index is 13.3. The van der Waals surface area contributed by atoms with E-state index >= 15 is 0 Å². The van der Waals surface area contributed by atoms with Crippen molar-refractivity contribution in [2.75, 3.05) is 31.7 Å². The molecule has 2 N–H and O–H groups in total. The Balaban J connectivity index is 1.60. The first kappa shape index (κ1) is 28.1. The predicted molar refractivity (Wildman–Crippen MR) is 145 cm³/mol. The van der Waals surface area contributed by atoms with Gasteiger partial charge in [0.2, 0.25) is 11.8 Å². The van der Waals surface area contributed by atoms with Crippen molar-refractivity contribution >= 4 is 25.8 Å². The van der Waals surface area contributed by atoms with Crippen molar-refractivity contribution in [3.63, 3.8) is 0 Å². The Hall–Kier alpha value is -1.94. The third kappa shape index (κ3) is 6.05. The standard InChI is InChI=1S/C28H44N2O6Si/c1-19-27(35-2)22-16-20(29-14-8-6-5-7-11-25(29)32)12-13-23(22)36-28(19)24(37(3,4)34)17-26(33)30-15-9-10-21(30)18-31/h12-13,16,19,21,24,27-28,31,34H,5-11,14-15,17-18H2,1-4H3/t19-,21+,24?,27-,28-/m1/s1. The molecule has 1 unspecified atom stereocenters. The highest BCUT2D eigenvalue weighted by atomic mass is 28.4. The molecule has 0 aromatic heterocycles. The van der Waals surface area contributed by atoms with Crippen LogP contribution in [0.15, 0.2) is 18.2 Å². The molecule has 5 atom stereocenters. The van der Waals surface area contributed by atoms with Crippen LogP contribution in [0.1, 0.15) is 70.0 Å². The smallest absolute Gasteiger partial charge is 0.226 e. The number of anilines is 1. The van der Waals surface area contributed by atoms with E-state index in [2.05, 4.69) is 6.92 Å². The van der Waals surface area contributed by atoms with Crippen molar-refractivity contribution in [2.24, 2.45) is 5.92 Å². The van der Waals surface area contributed by atoms with E-state index in [-0.39, 0.29) is 48.4 Å². The van der Waals surface area contributed by atoms with E-state index in [0.717, 1.165) is 49.8 Å². The molecule has 2 saturated heterocycles. The number of hydrogen-bond donors (Lipinski definition) is 2. The monoisotopic (exact) mass is 532 g/mol. The number of aliphatic hydroxyl groups is 1. The summed E-state index contributed by atoms with van der Waals surface area (Å²) in [5, 5.41) is 9.71. The molecule has 0 bridgehead atoms. The maximum absolute atomic E-state index is 13.3. The molecule has 0 saturated carbocycles. The van der Waals surface area contributed by atoms with Gasteiger partial charge in [-0.2, -0.15) is 0 Å². The quantitative estimate of drug-likeness (QED) is 0.515. The molecule has 0 spiro atoms. The molecule has 1 aromatic rings. The van der Waals surface area contributed by atoms with Crippen molar-refractivity contribution in [3.8, 4) is 5.75 Å². The van der Waals surface area contributed by atoms with E-state index in [1.165, 1.54) is 0 Å². The number of amides is 2. The lowest BCUT2D eigenvalue weighted by atomic mass is 9.86. The summed E-state index contributed by atoms with van der Waals surface area (Å²) in [5.74, 6) is 0.701. The van der Waals surface area contributed by atoms with Crippen LogP contribution in [0.5, 0.6) is 5.75 Å². The minimum atomic E-state index is -2.83. The Morgan fingerprint density at radius 2 is 1.95 bits per heavy atom. The molecule has 3 aliphatic heterocycles. The van der Waals surface area contributed by atoms with Crippen LogP contribution in [0, 0.1) is 5.92 Å². The zero-order valence-electron chi connectivity index (χ0n) is 22.8. The average Bonchev–Trinajstić information content (AvgIpc) is 3.33. The molecule has 206 valence electrons. The Bertz CT molecular complexity index is 966. The van der Waals surface area contributed by atoms with Crippen molar-refractivity contribution in [1.82, 2.24) is 4.90 Å². The largest absolute Gasteiger partial charge is 0.490 e. The van der Waals surface area contributed by atoms with Gasteiger partial charge in [-0.3, -0.25) is 9.59 Å². The van der Waals surface area contributed by atoms with E-state index in [4.69, 9.17) is 9.47 Å². The van der Waals surface area contributed by atoms with Gasteiger partial charge in [-0.25, -0.2) is 0 Å². The Labute approximate surface area is 222 Å². The van der Waals surface area contributed by atoms with Gasteiger partial charge < -0.3 is 29.2 Å². The van der Waals surface area contributed by atoms with E-state index in [0.29, 0.717) is 25.3 Å². The summed E-state index contributed by atoms with van der Waals surface area (Å²) in [6, 6.07) is 5.73. The fraction of sp³-hybridized carbons (Fsp3) is 0.714. The number of fused-ring (bicyclic) bond motifs is 1. The van der Waals surface area contributed by atoms with Gasteiger partial charge in [0, 0.05) is 55.8 Å². The summed E-state index contributed by atoms with van der Waals surface area (Å²) in [6.07, 6.45) is 5.94. The highest BCUT2D eigenvalue weighted by Crippen LogP contribution is 2.48. The highest BCUT2D eigenvalue weighted by Gasteiger charge is 2.48. The van der Waals surface area contributed by atoms with Gasteiger partial charge in [0.1, 0.15) is 11.9 Å². The van der Waals surface area contributed by atoms with Crippen LogP contribution in [0.3, 0.4) is 0 Å². The van der Waals surface area contributed by atoms with Gasteiger partial charge >= 0.3 is 0 Å². The van der Waals surface area contributed by atoms with Crippen LogP contribution in [-0.4, -0.2) is 73.9 Å². The number of methoxy groups -OCH3 is 1. The third-order valence-electron chi connectivity index (χ3n) is 8.55. The fourth-order valence-corrected chi connectivity index (χ4v) is 8.24. The second-order valence-corrected chi connectivity index (χ2v) is 15.6. The maximum Gasteiger partial charge on any atom is 0.226 e. The normalized spacial score (nSPS) is 27.8. The number of likely N-dealkylation sites (tertiary alicyclic amines) is 1. The SMILES string of the molecule is CO[C@H]1c2cc(N3CCCCCCC3=O)ccc2O[C@@H](C(CC(=O)N2CCC[C@H]2CO)[Si](C)(C)O)[C@@H]1C. The summed E-state index contributed by atoms with van der Waals surface area (Å²) in [4.78, 5) is 41.1. The molecule has 1 aromatic carbocycles. The van der Waals surface area contributed by atoms with Gasteiger partial charge in [-0.15, -0.1) is 0 Å². The first-order chi connectivity index (χ1) is 17.7. The molecule has 2 amide bonds. The Morgan fingerprint density at radius 3 is 2.65 bits per heavy atom. The zero-order chi connectivity index (χ0) is 26.7. The molecule has 37 heavy (non-hydrogen) atoms. The summed E-state index contributed by atoms with van der Waals surface area (Å²) < 4.78 is 12.6. The van der Waals surface area contributed by atoms with Crippen LogP contribution < -0.4 is 9.64 Å². The van der Waals surface area contributed by atoms with Crippen LogP contribution in [-0.2, 0) is 14.3 Å². The van der Waals surface area contributed by atoms with Gasteiger partial charge in [-0.1, -0.05) is 19.8 Å². The summed E-state index contributed by atoms with van der Waals surface area (Å²) in [6.45, 7) is 7.11. The van der Waals surface area contributed by atoms with Gasteiger partial charge in [0.25, 0.3) is 0 Å². The lowest BCUT2D eigenvalue weighted by molar-refractivity contribution is -0.133. The van der Waals surface area contributed by atoms with Gasteiger partial charge in [0.05, 0.1) is 18.8 Å². The number of aliphatic hydroxyl groups excluding tert-OH is 1. The summed E-state index contributed by atoms with van der Waals surface area (Å²) in [5.41, 5.74) is 1.44. The number of benzene rings is 1. The molecular weight excluding hydrogens is 488 g/mol. The van der Waals surface area contributed by atoms with E-state index in [1.54, 1.807) is 12.0 Å². The number of rotatable bonds is 7. The molecular formula is C28H44N2O6Si. The Morgan fingerprint density at radius 1 is 1.19 bits per heavy atom. The van der Waals surface area contributed by atoms with Crippen LogP contribution >= 0.6 is 0 Å². The van der Waals surface area contributed by atoms with E-state index in [1.807, 2.05) is 36.2 Å². The minimum absolute atomic E-state index is 0.0299. The number of hydrogen-bond acceptors (Lipinski definition) is 6. The third-order valence-corrected chi connectivity index (χ3v) is 10.9. The Kier molecular flexibility index (Phi) is 8.99. The molecule has 3 heterocycles. The molecule has 3 aliphatic rings. The second kappa shape index (κ2) is 11.8. The number of carbonyl (C=O) groups is 2. The van der Waals surface area contributed by atoms with Crippen LogP contribution in [0.2, 0.25) is 18.6 Å². The topological polar surface area (TPSA) is 99.5 Å². The summed E-state index contributed by atoms with van der Waals surface area (Å²) in [7, 11) is -1.15. The number of nitrogens with zero attached hydrogens (tertiary/aromatic N) is 2. The van der Waals surface area contributed by atoms with Crippen molar-refractivity contribution in [1.29, 1.82) is 0 Å². The second-order valence-electron chi connectivity index (χ2n) is 11.6. The number of ether oxygens (including phenoxy) is 2. The van der Waals surface area contributed by atoms with Crippen LogP contribution in [0.4, 0.5) is 5.69 Å². The molecule has 9 heteroatoms.